The second kappa shape index (κ2) is 6.25. The summed E-state index contributed by atoms with van der Waals surface area (Å²) >= 11 is 0. The van der Waals surface area contributed by atoms with Gasteiger partial charge in [0.1, 0.15) is 0 Å². The number of aryl methyl sites for hydroxylation is 1. The van der Waals surface area contributed by atoms with Crippen LogP contribution < -0.4 is 5.32 Å². The first-order chi connectivity index (χ1) is 12.4. The molecule has 0 spiro atoms. The lowest BCUT2D eigenvalue weighted by molar-refractivity contribution is 0.0930. The lowest BCUT2D eigenvalue weighted by Gasteiger charge is -2.25. The van der Waals surface area contributed by atoms with E-state index in [1.807, 2.05) is 12.1 Å². The molecule has 4 rings (SSSR count). The molecule has 6 nitrogen and oxygen atoms in total. The van der Waals surface area contributed by atoms with Crippen LogP contribution in [0.25, 0.3) is 5.52 Å². The number of pyridine rings is 1. The molecular weight excluding hydrogens is 350 g/mol. The van der Waals surface area contributed by atoms with E-state index < -0.39 is 9.84 Å². The zero-order valence-electron chi connectivity index (χ0n) is 14.3. The van der Waals surface area contributed by atoms with Crippen LogP contribution >= 0.6 is 0 Å². The number of sulfone groups is 1. The Hall–Kier alpha value is -2.67. The van der Waals surface area contributed by atoms with Gasteiger partial charge >= 0.3 is 0 Å². The molecule has 0 radical (unpaired) electrons. The molecule has 1 atom stereocenters. The van der Waals surface area contributed by atoms with Gasteiger partial charge in [0.2, 0.25) is 15.0 Å². The van der Waals surface area contributed by atoms with Gasteiger partial charge in [-0.2, -0.15) is 0 Å². The highest BCUT2D eigenvalue weighted by Gasteiger charge is 2.25. The van der Waals surface area contributed by atoms with Gasteiger partial charge in [-0.3, -0.25) is 9.20 Å². The molecule has 1 unspecified atom stereocenters. The number of rotatable bonds is 3. The van der Waals surface area contributed by atoms with Crippen LogP contribution in [0.3, 0.4) is 0 Å². The minimum Gasteiger partial charge on any atom is -0.348 e. The van der Waals surface area contributed by atoms with Crippen molar-refractivity contribution in [2.45, 2.75) is 30.5 Å². The zero-order chi connectivity index (χ0) is 18.3. The maximum absolute atomic E-state index is 12.8. The van der Waals surface area contributed by atoms with Crippen LogP contribution in [0, 0.1) is 0 Å². The monoisotopic (exact) mass is 369 g/mol. The van der Waals surface area contributed by atoms with E-state index in [0.717, 1.165) is 25.5 Å². The van der Waals surface area contributed by atoms with Crippen LogP contribution in [-0.2, 0) is 22.7 Å². The third kappa shape index (κ3) is 2.99. The predicted octanol–water partition coefficient (Wildman–Crippen LogP) is 2.03. The fourth-order valence-electron chi connectivity index (χ4n) is 3.51. The summed E-state index contributed by atoms with van der Waals surface area (Å²) in [4.78, 5) is 16.9. The number of fused-ring (bicyclic) bond motifs is 2. The number of nitrogens with zero attached hydrogens (tertiary/aromatic N) is 2. The molecule has 2 heterocycles. The van der Waals surface area contributed by atoms with Crippen molar-refractivity contribution in [1.29, 1.82) is 0 Å². The van der Waals surface area contributed by atoms with Crippen molar-refractivity contribution in [2.24, 2.45) is 0 Å². The van der Waals surface area contributed by atoms with Gasteiger partial charge in [-0.25, -0.2) is 13.4 Å². The van der Waals surface area contributed by atoms with Crippen molar-refractivity contribution in [2.75, 3.05) is 6.26 Å². The highest BCUT2D eigenvalue weighted by molar-refractivity contribution is 7.90. The first kappa shape index (κ1) is 16.8. The fraction of sp³-hybridized carbons (Fsp3) is 0.263. The average Bonchev–Trinajstić information content (AvgIpc) is 3.02. The Kier molecular flexibility index (Phi) is 4.03. The average molecular weight is 369 g/mol. The van der Waals surface area contributed by atoms with Crippen LogP contribution in [0.15, 0.2) is 53.8 Å². The SMILES string of the molecule is CS(=O)(=O)c1nc(C(=O)NC2CCc3ccccc3C2)c2ccccn12. The van der Waals surface area contributed by atoms with Gasteiger partial charge in [0.05, 0.1) is 5.52 Å². The van der Waals surface area contributed by atoms with E-state index in [1.54, 1.807) is 24.4 Å². The summed E-state index contributed by atoms with van der Waals surface area (Å²) in [5, 5.41) is 2.91. The zero-order valence-corrected chi connectivity index (χ0v) is 15.2. The van der Waals surface area contributed by atoms with Crippen molar-refractivity contribution in [3.63, 3.8) is 0 Å². The normalized spacial score (nSPS) is 17.0. The van der Waals surface area contributed by atoms with Gasteiger partial charge in [-0.05, 0) is 42.5 Å². The van der Waals surface area contributed by atoms with Gasteiger partial charge in [0.15, 0.2) is 5.69 Å². The third-order valence-corrected chi connectivity index (χ3v) is 5.70. The summed E-state index contributed by atoms with van der Waals surface area (Å²) < 4.78 is 25.4. The second-order valence-electron chi connectivity index (χ2n) is 6.65. The van der Waals surface area contributed by atoms with E-state index in [1.165, 1.54) is 15.5 Å². The van der Waals surface area contributed by atoms with Crippen LogP contribution in [0.2, 0.25) is 0 Å². The summed E-state index contributed by atoms with van der Waals surface area (Å²) in [5.74, 6) is -0.340. The van der Waals surface area contributed by atoms with Crippen molar-refractivity contribution < 1.29 is 13.2 Å². The number of aromatic nitrogens is 2. The summed E-state index contributed by atoms with van der Waals surface area (Å²) in [7, 11) is -3.54. The fourth-order valence-corrected chi connectivity index (χ4v) is 4.29. The van der Waals surface area contributed by atoms with Crippen LogP contribution in [-0.4, -0.2) is 36.0 Å². The van der Waals surface area contributed by atoms with E-state index in [4.69, 9.17) is 0 Å². The molecule has 1 aliphatic rings. The van der Waals surface area contributed by atoms with Crippen molar-refractivity contribution in [3.05, 3.63) is 65.5 Å². The summed E-state index contributed by atoms with van der Waals surface area (Å²) in [6.45, 7) is 0. The molecule has 0 saturated carbocycles. The molecule has 1 amide bonds. The number of nitrogens with one attached hydrogen (secondary N) is 1. The third-order valence-electron chi connectivity index (χ3n) is 4.74. The van der Waals surface area contributed by atoms with Crippen molar-refractivity contribution in [3.8, 4) is 0 Å². The largest absolute Gasteiger partial charge is 0.348 e. The quantitative estimate of drug-likeness (QED) is 0.766. The smallest absolute Gasteiger partial charge is 0.272 e. The molecule has 1 aliphatic carbocycles. The standard InChI is InChI=1S/C19H19N3O3S/c1-26(24,25)19-21-17(16-8-4-5-11-22(16)19)18(23)20-15-10-9-13-6-2-3-7-14(13)12-15/h2-8,11,15H,9-10,12H2,1H3,(H,20,23). The Bertz CT molecular complexity index is 1100. The first-order valence-corrected chi connectivity index (χ1v) is 10.4. The molecule has 0 fully saturated rings. The minimum absolute atomic E-state index is 0.0135. The molecule has 3 aromatic rings. The maximum Gasteiger partial charge on any atom is 0.272 e. The maximum atomic E-state index is 12.8. The predicted molar refractivity (Wildman–Crippen MR) is 98.0 cm³/mol. The molecule has 134 valence electrons. The molecule has 0 bridgehead atoms. The van der Waals surface area contributed by atoms with Crippen molar-refractivity contribution >= 4 is 21.3 Å². The Morgan fingerprint density at radius 2 is 1.88 bits per heavy atom. The number of carbonyl (C=O) groups excluding carboxylic acids is 1. The Morgan fingerprint density at radius 1 is 1.15 bits per heavy atom. The van der Waals surface area contributed by atoms with Gasteiger partial charge < -0.3 is 5.32 Å². The Balaban J connectivity index is 1.64. The van der Waals surface area contributed by atoms with Crippen LogP contribution in [0.1, 0.15) is 28.0 Å². The van der Waals surface area contributed by atoms with E-state index in [9.17, 15) is 13.2 Å². The number of imidazole rings is 1. The lowest BCUT2D eigenvalue weighted by Crippen LogP contribution is -2.39. The first-order valence-electron chi connectivity index (χ1n) is 8.48. The highest BCUT2D eigenvalue weighted by atomic mass is 32.2. The van der Waals surface area contributed by atoms with Gasteiger partial charge in [-0.15, -0.1) is 0 Å². The van der Waals surface area contributed by atoms with E-state index in [0.29, 0.717) is 5.52 Å². The van der Waals surface area contributed by atoms with Gasteiger partial charge in [-0.1, -0.05) is 30.3 Å². The van der Waals surface area contributed by atoms with Crippen molar-refractivity contribution in [1.82, 2.24) is 14.7 Å². The molecule has 0 aliphatic heterocycles. The Labute approximate surface area is 151 Å². The topological polar surface area (TPSA) is 80.5 Å². The van der Waals surface area contributed by atoms with Gasteiger partial charge in [0.25, 0.3) is 5.91 Å². The number of hydrogen-bond donors (Lipinski definition) is 1. The summed E-state index contributed by atoms with van der Waals surface area (Å²) in [6, 6.07) is 13.4. The lowest BCUT2D eigenvalue weighted by atomic mass is 9.88. The van der Waals surface area contributed by atoms with Crippen LogP contribution in [0.4, 0.5) is 0 Å². The number of amides is 1. The molecule has 0 saturated heterocycles. The molecule has 1 N–H and O–H groups in total. The molecule has 2 aromatic heterocycles. The van der Waals surface area contributed by atoms with E-state index in [-0.39, 0.29) is 22.8 Å². The summed E-state index contributed by atoms with van der Waals surface area (Å²) in [5.41, 5.74) is 3.20. The van der Waals surface area contributed by atoms with Gasteiger partial charge in [0, 0.05) is 18.5 Å². The summed E-state index contributed by atoms with van der Waals surface area (Å²) in [6.07, 6.45) is 5.24. The number of benzene rings is 1. The number of carbonyl (C=O) groups is 1. The minimum atomic E-state index is -3.54. The molecule has 7 heteroatoms. The van der Waals surface area contributed by atoms with Crippen LogP contribution in [0.5, 0.6) is 0 Å². The highest BCUT2D eigenvalue weighted by Crippen LogP contribution is 2.22. The van der Waals surface area contributed by atoms with E-state index >= 15 is 0 Å². The second-order valence-corrected chi connectivity index (χ2v) is 8.56. The van der Waals surface area contributed by atoms with E-state index in [2.05, 4.69) is 22.4 Å². The Morgan fingerprint density at radius 3 is 2.65 bits per heavy atom. The molecular formula is C19H19N3O3S. The molecule has 1 aromatic carbocycles. The number of hydrogen-bond acceptors (Lipinski definition) is 4. The molecule has 26 heavy (non-hydrogen) atoms.